The first-order chi connectivity index (χ1) is 12.3. The van der Waals surface area contributed by atoms with E-state index in [1.54, 1.807) is 6.92 Å². The van der Waals surface area contributed by atoms with Gasteiger partial charge in [0.1, 0.15) is 11.5 Å². The highest BCUT2D eigenvalue weighted by molar-refractivity contribution is 5.70. The van der Waals surface area contributed by atoms with Crippen LogP contribution in [0.15, 0.2) is 34.7 Å². The molecule has 6 heteroatoms. The number of carbonyl (C=O) groups is 1. The number of hydrogen-bond donors (Lipinski definition) is 0. The van der Waals surface area contributed by atoms with Crippen molar-refractivity contribution in [1.82, 2.24) is 0 Å². The summed E-state index contributed by atoms with van der Waals surface area (Å²) in [6.45, 7) is 4.16. The fourth-order valence-electron chi connectivity index (χ4n) is 2.66. The molecule has 1 heterocycles. The molecule has 1 aromatic carbocycles. The molecule has 0 amide bonds. The van der Waals surface area contributed by atoms with E-state index >= 15 is 0 Å². The number of aryl methyl sites for hydroxylation is 2. The monoisotopic (exact) mass is 368 g/mol. The van der Waals surface area contributed by atoms with Gasteiger partial charge in [-0.05, 0) is 43.5 Å². The lowest BCUT2D eigenvalue weighted by molar-refractivity contribution is -0.143. The molecule has 0 saturated heterocycles. The van der Waals surface area contributed by atoms with E-state index in [-0.39, 0.29) is 12.4 Å². The molecule has 0 bridgehead atoms. The Morgan fingerprint density at radius 3 is 2.38 bits per heavy atom. The van der Waals surface area contributed by atoms with Crippen LogP contribution in [-0.2, 0) is 28.5 Å². The zero-order chi connectivity index (χ0) is 19.2. The summed E-state index contributed by atoms with van der Waals surface area (Å²) in [6, 6.07) is 6.71. The van der Waals surface area contributed by atoms with Crippen LogP contribution in [0, 0.1) is 0 Å². The van der Waals surface area contributed by atoms with Crippen LogP contribution in [0.3, 0.4) is 0 Å². The van der Waals surface area contributed by atoms with Crippen LogP contribution in [0.2, 0.25) is 0 Å². The van der Waals surface area contributed by atoms with Gasteiger partial charge in [0.25, 0.3) is 0 Å². The Morgan fingerprint density at radius 2 is 1.81 bits per heavy atom. The molecule has 0 unspecified atom stereocenters. The van der Waals surface area contributed by atoms with Gasteiger partial charge in [-0.15, -0.1) is 0 Å². The predicted molar refractivity (Wildman–Crippen MR) is 92.7 cm³/mol. The van der Waals surface area contributed by atoms with Gasteiger partial charge in [-0.1, -0.05) is 25.5 Å². The molecule has 3 nitrogen and oxygen atoms in total. The molecule has 0 aliphatic carbocycles. The summed E-state index contributed by atoms with van der Waals surface area (Å²) in [4.78, 5) is 11.6. The summed E-state index contributed by atoms with van der Waals surface area (Å²) in [5.41, 5.74) is 0.793. The van der Waals surface area contributed by atoms with E-state index in [9.17, 15) is 18.0 Å². The van der Waals surface area contributed by atoms with Gasteiger partial charge in [0, 0.05) is 18.4 Å². The van der Waals surface area contributed by atoms with Crippen molar-refractivity contribution in [2.75, 3.05) is 6.61 Å². The third-order valence-electron chi connectivity index (χ3n) is 4.05. The second-order valence-corrected chi connectivity index (χ2v) is 6.04. The number of rotatable bonds is 8. The summed E-state index contributed by atoms with van der Waals surface area (Å²) >= 11 is 0. The number of unbranched alkanes of at least 4 members (excludes halogenated alkanes) is 1. The average molecular weight is 368 g/mol. The molecule has 142 valence electrons. The zero-order valence-electron chi connectivity index (χ0n) is 15.0. The number of esters is 1. The molecule has 0 saturated carbocycles. The van der Waals surface area contributed by atoms with Crippen LogP contribution in [0.4, 0.5) is 13.2 Å². The first-order valence-corrected chi connectivity index (χ1v) is 8.80. The maximum absolute atomic E-state index is 12.7. The van der Waals surface area contributed by atoms with Gasteiger partial charge in [-0.3, -0.25) is 4.79 Å². The summed E-state index contributed by atoms with van der Waals surface area (Å²) < 4.78 is 48.9. The summed E-state index contributed by atoms with van der Waals surface area (Å²) in [5.74, 6) is 1.03. The lowest BCUT2D eigenvalue weighted by atomic mass is 10.0. The molecule has 0 aliphatic rings. The molecule has 0 aliphatic heterocycles. The van der Waals surface area contributed by atoms with Crippen molar-refractivity contribution in [3.63, 3.8) is 0 Å². The molecule has 2 rings (SSSR count). The highest BCUT2D eigenvalue weighted by Crippen LogP contribution is 2.32. The number of furan rings is 1. The molecule has 0 atom stereocenters. The van der Waals surface area contributed by atoms with E-state index in [0.717, 1.165) is 42.7 Å². The van der Waals surface area contributed by atoms with Crippen molar-refractivity contribution in [1.29, 1.82) is 0 Å². The van der Waals surface area contributed by atoms with Crippen molar-refractivity contribution in [3.05, 3.63) is 47.2 Å². The molecule has 0 fully saturated rings. The van der Waals surface area contributed by atoms with E-state index in [1.165, 1.54) is 12.1 Å². The second-order valence-electron chi connectivity index (χ2n) is 6.04. The lowest BCUT2D eigenvalue weighted by Gasteiger charge is -2.06. The number of alkyl halides is 3. The number of carbonyl (C=O) groups excluding carboxylic acids is 1. The fourth-order valence-corrected chi connectivity index (χ4v) is 2.66. The minimum absolute atomic E-state index is 0.249. The first kappa shape index (κ1) is 20.1. The SMILES string of the molecule is CCCCc1oc(-c2ccc(C(F)(F)F)cc2)cc1CCC(=O)OCC. The van der Waals surface area contributed by atoms with E-state index in [1.807, 2.05) is 6.07 Å². The van der Waals surface area contributed by atoms with Crippen molar-refractivity contribution >= 4 is 5.97 Å². The van der Waals surface area contributed by atoms with Crippen molar-refractivity contribution in [3.8, 4) is 11.3 Å². The quantitative estimate of drug-likeness (QED) is 0.553. The van der Waals surface area contributed by atoms with Crippen LogP contribution in [0.1, 0.15) is 50.0 Å². The number of hydrogen-bond acceptors (Lipinski definition) is 3. The largest absolute Gasteiger partial charge is 0.466 e. The molecule has 26 heavy (non-hydrogen) atoms. The van der Waals surface area contributed by atoms with Gasteiger partial charge < -0.3 is 9.15 Å². The summed E-state index contributed by atoms with van der Waals surface area (Å²) in [7, 11) is 0. The topological polar surface area (TPSA) is 39.4 Å². The van der Waals surface area contributed by atoms with Gasteiger partial charge >= 0.3 is 12.1 Å². The van der Waals surface area contributed by atoms with E-state index < -0.39 is 11.7 Å². The van der Waals surface area contributed by atoms with Crippen LogP contribution in [0.25, 0.3) is 11.3 Å². The molecule has 1 aromatic heterocycles. The zero-order valence-corrected chi connectivity index (χ0v) is 15.0. The van der Waals surface area contributed by atoms with Crippen molar-refractivity contribution in [2.24, 2.45) is 0 Å². The van der Waals surface area contributed by atoms with Crippen LogP contribution < -0.4 is 0 Å². The maximum atomic E-state index is 12.7. The van der Waals surface area contributed by atoms with E-state index in [2.05, 4.69) is 6.92 Å². The molecule has 2 aromatic rings. The Balaban J connectivity index is 2.21. The van der Waals surface area contributed by atoms with Crippen LogP contribution in [-0.4, -0.2) is 12.6 Å². The highest BCUT2D eigenvalue weighted by atomic mass is 19.4. The molecule has 0 radical (unpaired) electrons. The van der Waals surface area contributed by atoms with E-state index in [0.29, 0.717) is 24.4 Å². The van der Waals surface area contributed by atoms with Crippen LogP contribution >= 0.6 is 0 Å². The third kappa shape index (κ3) is 5.38. The predicted octanol–water partition coefficient (Wildman–Crippen LogP) is 5.80. The Morgan fingerprint density at radius 1 is 1.12 bits per heavy atom. The van der Waals surface area contributed by atoms with E-state index in [4.69, 9.17) is 9.15 Å². The third-order valence-corrected chi connectivity index (χ3v) is 4.05. The number of benzene rings is 1. The van der Waals surface area contributed by atoms with Gasteiger partial charge in [-0.25, -0.2) is 0 Å². The summed E-state index contributed by atoms with van der Waals surface area (Å²) in [6.07, 6.45) is -0.963. The van der Waals surface area contributed by atoms with Gasteiger partial charge in [-0.2, -0.15) is 13.2 Å². The Hall–Kier alpha value is -2.24. The molecular weight excluding hydrogens is 345 g/mol. The van der Waals surface area contributed by atoms with Gasteiger partial charge in [0.05, 0.1) is 12.2 Å². The highest BCUT2D eigenvalue weighted by Gasteiger charge is 2.30. The first-order valence-electron chi connectivity index (χ1n) is 8.80. The van der Waals surface area contributed by atoms with Gasteiger partial charge in [0.15, 0.2) is 0 Å². The standard InChI is InChI=1S/C20H23F3O3/c1-3-5-6-17-15(9-12-19(24)25-4-2)13-18(26-17)14-7-10-16(11-8-14)20(21,22)23/h7-8,10-11,13H,3-6,9,12H2,1-2H3. The Labute approximate surface area is 151 Å². The maximum Gasteiger partial charge on any atom is 0.416 e. The smallest absolute Gasteiger partial charge is 0.416 e. The van der Waals surface area contributed by atoms with Gasteiger partial charge in [0.2, 0.25) is 0 Å². The average Bonchev–Trinajstić information content (AvgIpc) is 3.01. The minimum Gasteiger partial charge on any atom is -0.466 e. The number of ether oxygens (including phenoxy) is 1. The fraction of sp³-hybridized carbons (Fsp3) is 0.450. The number of halogens is 3. The normalized spacial score (nSPS) is 11.6. The summed E-state index contributed by atoms with van der Waals surface area (Å²) in [5, 5.41) is 0. The van der Waals surface area contributed by atoms with Crippen molar-refractivity contribution in [2.45, 2.75) is 52.1 Å². The Bertz CT molecular complexity index is 715. The second kappa shape index (κ2) is 8.92. The molecular formula is C20H23F3O3. The minimum atomic E-state index is -4.36. The lowest BCUT2D eigenvalue weighted by Crippen LogP contribution is -2.05. The Kier molecular flexibility index (Phi) is 6.89. The molecule has 0 spiro atoms. The van der Waals surface area contributed by atoms with Crippen molar-refractivity contribution < 1.29 is 27.1 Å². The van der Waals surface area contributed by atoms with Crippen LogP contribution in [0.5, 0.6) is 0 Å². The molecule has 0 N–H and O–H groups in total.